The molecular formula is C20H26N4O. The van der Waals surface area contributed by atoms with Gasteiger partial charge in [-0.25, -0.2) is 4.98 Å². The molecule has 0 spiro atoms. The lowest BCUT2D eigenvalue weighted by atomic mass is 9.84. The summed E-state index contributed by atoms with van der Waals surface area (Å²) in [5.74, 6) is 2.04. The highest BCUT2D eigenvalue weighted by Gasteiger charge is 2.31. The molecule has 3 heterocycles. The van der Waals surface area contributed by atoms with Crippen molar-refractivity contribution in [3.8, 4) is 0 Å². The number of aryl methyl sites for hydroxylation is 2. The van der Waals surface area contributed by atoms with Gasteiger partial charge in [-0.15, -0.1) is 0 Å². The number of pyridine rings is 1. The molecule has 1 saturated heterocycles. The summed E-state index contributed by atoms with van der Waals surface area (Å²) in [5.41, 5.74) is 2.99. The SMILES string of the molecule is Cc1ccncc1C(=O)N1CCC(n2c(C)cnc2C2CCC2)CC1. The third-order valence-electron chi connectivity index (χ3n) is 5.87. The van der Waals surface area contributed by atoms with Crippen LogP contribution in [0, 0.1) is 13.8 Å². The molecule has 0 bridgehead atoms. The van der Waals surface area contributed by atoms with Gasteiger partial charge in [-0.1, -0.05) is 6.42 Å². The zero-order valence-corrected chi connectivity index (χ0v) is 15.1. The Bertz CT molecular complexity index is 770. The lowest BCUT2D eigenvalue weighted by molar-refractivity contribution is 0.0691. The molecule has 1 amide bonds. The Labute approximate surface area is 149 Å². The third-order valence-corrected chi connectivity index (χ3v) is 5.87. The van der Waals surface area contributed by atoms with E-state index in [2.05, 4.69) is 16.5 Å². The number of piperidine rings is 1. The van der Waals surface area contributed by atoms with Crippen molar-refractivity contribution in [3.63, 3.8) is 0 Å². The lowest BCUT2D eigenvalue weighted by Gasteiger charge is -2.36. The van der Waals surface area contributed by atoms with Crippen molar-refractivity contribution in [1.82, 2.24) is 19.4 Å². The molecule has 5 nitrogen and oxygen atoms in total. The van der Waals surface area contributed by atoms with Crippen LogP contribution in [0.1, 0.15) is 71.5 Å². The zero-order chi connectivity index (χ0) is 17.4. The van der Waals surface area contributed by atoms with Crippen LogP contribution >= 0.6 is 0 Å². The number of nitrogens with zero attached hydrogens (tertiary/aromatic N) is 4. The smallest absolute Gasteiger partial charge is 0.255 e. The highest BCUT2D eigenvalue weighted by Crippen LogP contribution is 2.38. The van der Waals surface area contributed by atoms with E-state index >= 15 is 0 Å². The first kappa shape index (κ1) is 16.3. The zero-order valence-electron chi connectivity index (χ0n) is 15.1. The summed E-state index contributed by atoms with van der Waals surface area (Å²) in [7, 11) is 0. The molecule has 2 aliphatic rings. The Morgan fingerprint density at radius 1 is 1.12 bits per heavy atom. The number of hydrogen-bond donors (Lipinski definition) is 0. The van der Waals surface area contributed by atoms with Crippen LogP contribution in [0.25, 0.3) is 0 Å². The summed E-state index contributed by atoms with van der Waals surface area (Å²) in [5, 5.41) is 0. The molecule has 0 radical (unpaired) electrons. The van der Waals surface area contributed by atoms with Gasteiger partial charge in [0, 0.05) is 49.3 Å². The molecule has 2 aromatic rings. The van der Waals surface area contributed by atoms with Crippen LogP contribution in [0.3, 0.4) is 0 Å². The largest absolute Gasteiger partial charge is 0.338 e. The first-order chi connectivity index (χ1) is 12.1. The van der Waals surface area contributed by atoms with Crippen molar-refractivity contribution in [2.45, 2.75) is 57.9 Å². The molecule has 25 heavy (non-hydrogen) atoms. The predicted octanol–water partition coefficient (Wildman–Crippen LogP) is 3.64. The fraction of sp³-hybridized carbons (Fsp3) is 0.550. The van der Waals surface area contributed by atoms with Crippen LogP contribution in [-0.4, -0.2) is 38.4 Å². The average Bonchev–Trinajstić information content (AvgIpc) is 2.94. The van der Waals surface area contributed by atoms with E-state index in [0.717, 1.165) is 37.1 Å². The molecule has 1 aliphatic heterocycles. The Hall–Kier alpha value is -2.17. The molecule has 1 saturated carbocycles. The van der Waals surface area contributed by atoms with Crippen molar-refractivity contribution < 1.29 is 4.79 Å². The van der Waals surface area contributed by atoms with Gasteiger partial charge in [-0.2, -0.15) is 0 Å². The number of hydrogen-bond acceptors (Lipinski definition) is 3. The fourth-order valence-corrected chi connectivity index (χ4v) is 4.09. The maximum Gasteiger partial charge on any atom is 0.255 e. The van der Waals surface area contributed by atoms with E-state index < -0.39 is 0 Å². The summed E-state index contributed by atoms with van der Waals surface area (Å²) in [6, 6.07) is 2.37. The Morgan fingerprint density at radius 2 is 1.88 bits per heavy atom. The second-order valence-electron chi connectivity index (χ2n) is 7.47. The van der Waals surface area contributed by atoms with Crippen LogP contribution in [0.15, 0.2) is 24.7 Å². The highest BCUT2D eigenvalue weighted by molar-refractivity contribution is 5.95. The minimum atomic E-state index is 0.116. The molecule has 0 atom stereocenters. The number of carbonyl (C=O) groups is 1. The number of likely N-dealkylation sites (tertiary alicyclic amines) is 1. The molecule has 5 heteroatoms. The van der Waals surface area contributed by atoms with E-state index in [4.69, 9.17) is 4.98 Å². The van der Waals surface area contributed by atoms with Gasteiger partial charge in [0.1, 0.15) is 5.82 Å². The van der Waals surface area contributed by atoms with Gasteiger partial charge in [0.25, 0.3) is 5.91 Å². The van der Waals surface area contributed by atoms with Crippen LogP contribution in [0.2, 0.25) is 0 Å². The Morgan fingerprint density at radius 3 is 2.52 bits per heavy atom. The van der Waals surface area contributed by atoms with Gasteiger partial charge in [0.15, 0.2) is 0 Å². The minimum absolute atomic E-state index is 0.116. The fourth-order valence-electron chi connectivity index (χ4n) is 4.09. The summed E-state index contributed by atoms with van der Waals surface area (Å²) in [4.78, 5) is 23.6. The maximum absolute atomic E-state index is 12.8. The summed E-state index contributed by atoms with van der Waals surface area (Å²) in [6.45, 7) is 5.74. The van der Waals surface area contributed by atoms with Crippen molar-refractivity contribution in [3.05, 3.63) is 47.3 Å². The number of imidazole rings is 1. The number of amides is 1. The second-order valence-corrected chi connectivity index (χ2v) is 7.47. The van der Waals surface area contributed by atoms with Gasteiger partial charge >= 0.3 is 0 Å². The summed E-state index contributed by atoms with van der Waals surface area (Å²) < 4.78 is 2.46. The average molecular weight is 338 g/mol. The van der Waals surface area contributed by atoms with Gasteiger partial charge in [0.05, 0.1) is 5.56 Å². The molecule has 0 N–H and O–H groups in total. The molecule has 0 aromatic carbocycles. The molecule has 0 unspecified atom stereocenters. The molecule has 2 aromatic heterocycles. The first-order valence-electron chi connectivity index (χ1n) is 9.38. The minimum Gasteiger partial charge on any atom is -0.338 e. The van der Waals surface area contributed by atoms with Crippen molar-refractivity contribution in [2.75, 3.05) is 13.1 Å². The third kappa shape index (κ3) is 2.96. The van der Waals surface area contributed by atoms with Crippen LogP contribution in [-0.2, 0) is 0 Å². The summed E-state index contributed by atoms with van der Waals surface area (Å²) in [6.07, 6.45) is 11.3. The lowest BCUT2D eigenvalue weighted by Crippen LogP contribution is -2.40. The van der Waals surface area contributed by atoms with Gasteiger partial charge < -0.3 is 9.47 Å². The normalized spacial score (nSPS) is 19.0. The monoisotopic (exact) mass is 338 g/mol. The van der Waals surface area contributed by atoms with Gasteiger partial charge in [0.2, 0.25) is 0 Å². The maximum atomic E-state index is 12.8. The summed E-state index contributed by atoms with van der Waals surface area (Å²) >= 11 is 0. The van der Waals surface area contributed by atoms with Crippen LogP contribution in [0.4, 0.5) is 0 Å². The van der Waals surface area contributed by atoms with E-state index in [-0.39, 0.29) is 5.91 Å². The van der Waals surface area contributed by atoms with E-state index in [1.165, 1.54) is 30.8 Å². The van der Waals surface area contributed by atoms with Gasteiger partial charge in [-0.3, -0.25) is 9.78 Å². The second kappa shape index (κ2) is 6.62. The Kier molecular flexibility index (Phi) is 4.32. The molecule has 1 aliphatic carbocycles. The van der Waals surface area contributed by atoms with E-state index in [0.29, 0.717) is 12.0 Å². The standard InChI is InChI=1S/C20H26N4O/c1-14-6-9-21-13-18(14)20(25)23-10-7-17(8-11-23)24-15(2)12-22-19(24)16-4-3-5-16/h6,9,12-13,16-17H,3-5,7-8,10-11H2,1-2H3. The van der Waals surface area contributed by atoms with Crippen molar-refractivity contribution >= 4 is 5.91 Å². The van der Waals surface area contributed by atoms with E-state index in [1.807, 2.05) is 24.1 Å². The molecule has 2 fully saturated rings. The Balaban J connectivity index is 1.46. The number of aromatic nitrogens is 3. The van der Waals surface area contributed by atoms with Crippen LogP contribution in [0.5, 0.6) is 0 Å². The topological polar surface area (TPSA) is 51.0 Å². The van der Waals surface area contributed by atoms with Gasteiger partial charge in [-0.05, 0) is 51.2 Å². The van der Waals surface area contributed by atoms with Crippen LogP contribution < -0.4 is 0 Å². The first-order valence-corrected chi connectivity index (χ1v) is 9.38. The molecule has 132 valence electrons. The van der Waals surface area contributed by atoms with E-state index in [1.54, 1.807) is 12.4 Å². The molecular weight excluding hydrogens is 312 g/mol. The van der Waals surface area contributed by atoms with E-state index in [9.17, 15) is 4.79 Å². The number of carbonyl (C=O) groups excluding carboxylic acids is 1. The van der Waals surface area contributed by atoms with Crippen molar-refractivity contribution in [2.24, 2.45) is 0 Å². The predicted molar refractivity (Wildman–Crippen MR) is 96.7 cm³/mol. The van der Waals surface area contributed by atoms with Crippen molar-refractivity contribution in [1.29, 1.82) is 0 Å². The highest BCUT2D eigenvalue weighted by atomic mass is 16.2. The molecule has 4 rings (SSSR count). The quantitative estimate of drug-likeness (QED) is 0.858. The number of rotatable bonds is 3.